The number of urea groups is 1. The second-order valence-electron chi connectivity index (χ2n) is 5.81. The number of morpholine rings is 2. The van der Waals surface area contributed by atoms with E-state index in [9.17, 15) is 4.79 Å². The van der Waals surface area contributed by atoms with Crippen molar-refractivity contribution in [2.45, 2.75) is 19.1 Å². The maximum absolute atomic E-state index is 12.3. The molecular formula is C15H21N3O2. The average molecular weight is 275 g/mol. The van der Waals surface area contributed by atoms with E-state index in [-0.39, 0.29) is 18.2 Å². The maximum atomic E-state index is 12.3. The summed E-state index contributed by atoms with van der Waals surface area (Å²) in [7, 11) is 2.10. The minimum Gasteiger partial charge on any atom is -0.369 e. The van der Waals surface area contributed by atoms with E-state index in [1.807, 2.05) is 36.1 Å². The molecule has 5 heteroatoms. The average Bonchev–Trinajstić information content (AvgIpc) is 2.37. The number of nitrogens with one attached hydrogen (secondary N) is 1. The SMILES string of the molecule is Cc1cccc(NC(=O)N2CC3CN(C)CC(C2)O3)c1. The molecule has 5 nitrogen and oxygen atoms in total. The van der Waals surface area contributed by atoms with E-state index in [0.29, 0.717) is 13.1 Å². The molecule has 2 aliphatic heterocycles. The molecule has 2 atom stereocenters. The first-order chi connectivity index (χ1) is 9.60. The van der Waals surface area contributed by atoms with Crippen LogP contribution >= 0.6 is 0 Å². The Morgan fingerprint density at radius 1 is 1.25 bits per heavy atom. The monoisotopic (exact) mass is 275 g/mol. The molecule has 2 heterocycles. The van der Waals surface area contributed by atoms with Gasteiger partial charge in [-0.25, -0.2) is 4.79 Å². The van der Waals surface area contributed by atoms with E-state index in [2.05, 4.69) is 17.3 Å². The lowest BCUT2D eigenvalue weighted by Crippen LogP contribution is -2.60. The third-order valence-corrected chi connectivity index (χ3v) is 3.82. The Morgan fingerprint density at radius 3 is 2.60 bits per heavy atom. The van der Waals surface area contributed by atoms with E-state index in [1.54, 1.807) is 0 Å². The Labute approximate surface area is 119 Å². The van der Waals surface area contributed by atoms with Gasteiger partial charge in [0.1, 0.15) is 0 Å². The summed E-state index contributed by atoms with van der Waals surface area (Å²) < 4.78 is 5.88. The zero-order valence-corrected chi connectivity index (χ0v) is 12.0. The number of fused-ring (bicyclic) bond motifs is 2. The van der Waals surface area contributed by atoms with E-state index < -0.39 is 0 Å². The van der Waals surface area contributed by atoms with Crippen LogP contribution in [0.3, 0.4) is 0 Å². The van der Waals surface area contributed by atoms with Crippen molar-refractivity contribution in [3.8, 4) is 0 Å². The Kier molecular flexibility index (Phi) is 3.63. The van der Waals surface area contributed by atoms with Gasteiger partial charge in [-0.1, -0.05) is 12.1 Å². The zero-order chi connectivity index (χ0) is 14.1. The minimum absolute atomic E-state index is 0.0292. The number of ether oxygens (including phenoxy) is 1. The van der Waals surface area contributed by atoms with Crippen LogP contribution in [0, 0.1) is 6.92 Å². The smallest absolute Gasteiger partial charge is 0.322 e. The highest BCUT2D eigenvalue weighted by molar-refractivity contribution is 5.89. The maximum Gasteiger partial charge on any atom is 0.322 e. The molecule has 0 aliphatic carbocycles. The van der Waals surface area contributed by atoms with Gasteiger partial charge in [0.05, 0.1) is 12.2 Å². The molecule has 1 N–H and O–H groups in total. The molecule has 2 aliphatic rings. The molecule has 0 radical (unpaired) electrons. The van der Waals surface area contributed by atoms with Gasteiger partial charge in [-0.15, -0.1) is 0 Å². The van der Waals surface area contributed by atoms with Crippen molar-refractivity contribution in [1.82, 2.24) is 9.80 Å². The van der Waals surface area contributed by atoms with Crippen molar-refractivity contribution in [1.29, 1.82) is 0 Å². The van der Waals surface area contributed by atoms with Gasteiger partial charge < -0.3 is 19.9 Å². The Bertz CT molecular complexity index is 488. The summed E-state index contributed by atoms with van der Waals surface area (Å²) >= 11 is 0. The quantitative estimate of drug-likeness (QED) is 0.845. The van der Waals surface area contributed by atoms with Crippen molar-refractivity contribution in [2.75, 3.05) is 38.5 Å². The second kappa shape index (κ2) is 5.42. The number of carbonyl (C=O) groups excluding carboxylic acids is 1. The van der Waals surface area contributed by atoms with E-state index in [0.717, 1.165) is 24.3 Å². The van der Waals surface area contributed by atoms with Crippen LogP contribution in [0.4, 0.5) is 10.5 Å². The molecule has 1 aromatic rings. The first-order valence-corrected chi connectivity index (χ1v) is 7.07. The Morgan fingerprint density at radius 2 is 1.95 bits per heavy atom. The van der Waals surface area contributed by atoms with Gasteiger partial charge in [0, 0.05) is 31.9 Å². The van der Waals surface area contributed by atoms with Crippen LogP contribution < -0.4 is 5.32 Å². The number of nitrogens with zero attached hydrogens (tertiary/aromatic N) is 2. The van der Waals surface area contributed by atoms with Crippen molar-refractivity contribution in [3.63, 3.8) is 0 Å². The summed E-state index contributed by atoms with van der Waals surface area (Å²) in [4.78, 5) is 16.5. The molecule has 108 valence electrons. The molecule has 0 saturated carbocycles. The molecule has 0 aromatic heterocycles. The summed E-state index contributed by atoms with van der Waals surface area (Å²) in [6, 6.07) is 7.84. The van der Waals surface area contributed by atoms with Gasteiger partial charge in [-0.05, 0) is 31.7 Å². The van der Waals surface area contributed by atoms with Gasteiger partial charge in [0.15, 0.2) is 0 Å². The van der Waals surface area contributed by atoms with Gasteiger partial charge in [0.2, 0.25) is 0 Å². The number of carbonyl (C=O) groups is 1. The van der Waals surface area contributed by atoms with Crippen LogP contribution in [-0.4, -0.2) is 61.3 Å². The van der Waals surface area contributed by atoms with Crippen LogP contribution in [0.15, 0.2) is 24.3 Å². The van der Waals surface area contributed by atoms with Crippen LogP contribution in [-0.2, 0) is 4.74 Å². The van der Waals surface area contributed by atoms with Gasteiger partial charge in [-0.3, -0.25) is 0 Å². The summed E-state index contributed by atoms with van der Waals surface area (Å²) in [6.07, 6.45) is 0.270. The lowest BCUT2D eigenvalue weighted by Gasteiger charge is -2.44. The normalized spacial score (nSPS) is 26.4. The molecule has 3 rings (SSSR count). The van der Waals surface area contributed by atoms with Gasteiger partial charge in [-0.2, -0.15) is 0 Å². The fourth-order valence-electron chi connectivity index (χ4n) is 2.99. The first-order valence-electron chi connectivity index (χ1n) is 7.07. The summed E-state index contributed by atoms with van der Waals surface area (Å²) in [6.45, 7) is 5.14. The van der Waals surface area contributed by atoms with Crippen molar-refractivity contribution in [2.24, 2.45) is 0 Å². The zero-order valence-electron chi connectivity index (χ0n) is 12.0. The highest BCUT2D eigenvalue weighted by Crippen LogP contribution is 2.19. The summed E-state index contributed by atoms with van der Waals surface area (Å²) in [5, 5.41) is 2.97. The number of aryl methyl sites for hydroxylation is 1. The molecular weight excluding hydrogens is 254 g/mol. The molecule has 2 fully saturated rings. The van der Waals surface area contributed by atoms with Crippen molar-refractivity contribution >= 4 is 11.7 Å². The standard InChI is InChI=1S/C15H21N3O2/c1-11-4-3-5-12(6-11)16-15(19)18-9-13-7-17(2)8-14(10-18)20-13/h3-6,13-14H,7-10H2,1-2H3,(H,16,19). The summed E-state index contributed by atoms with van der Waals surface area (Å²) in [5.74, 6) is 0. The highest BCUT2D eigenvalue weighted by Gasteiger charge is 2.35. The minimum atomic E-state index is -0.0292. The van der Waals surface area contributed by atoms with Gasteiger partial charge in [0.25, 0.3) is 0 Å². The number of rotatable bonds is 1. The second-order valence-corrected chi connectivity index (χ2v) is 5.81. The molecule has 1 aromatic carbocycles. The lowest BCUT2D eigenvalue weighted by atomic mass is 10.1. The van der Waals surface area contributed by atoms with Crippen molar-refractivity contribution < 1.29 is 9.53 Å². The predicted molar refractivity (Wildman–Crippen MR) is 77.9 cm³/mol. The Hall–Kier alpha value is -1.59. The predicted octanol–water partition coefficient (Wildman–Crippen LogP) is 1.54. The number of benzene rings is 1. The molecule has 2 bridgehead atoms. The number of anilines is 1. The highest BCUT2D eigenvalue weighted by atomic mass is 16.5. The van der Waals surface area contributed by atoms with Crippen LogP contribution in [0.5, 0.6) is 0 Å². The van der Waals surface area contributed by atoms with Crippen molar-refractivity contribution in [3.05, 3.63) is 29.8 Å². The van der Waals surface area contributed by atoms with Crippen LogP contribution in [0.25, 0.3) is 0 Å². The number of amides is 2. The molecule has 2 unspecified atom stereocenters. The van der Waals surface area contributed by atoms with E-state index in [4.69, 9.17) is 4.74 Å². The van der Waals surface area contributed by atoms with E-state index >= 15 is 0 Å². The molecule has 2 amide bonds. The van der Waals surface area contributed by atoms with Gasteiger partial charge >= 0.3 is 6.03 Å². The number of likely N-dealkylation sites (N-methyl/N-ethyl adjacent to an activating group) is 1. The number of hydrogen-bond acceptors (Lipinski definition) is 3. The third-order valence-electron chi connectivity index (χ3n) is 3.82. The fraction of sp³-hybridized carbons (Fsp3) is 0.533. The topological polar surface area (TPSA) is 44.8 Å². The first kappa shape index (κ1) is 13.4. The van der Waals surface area contributed by atoms with Crippen LogP contribution in [0.1, 0.15) is 5.56 Å². The summed E-state index contributed by atoms with van der Waals surface area (Å²) in [5.41, 5.74) is 1.99. The molecule has 0 spiro atoms. The fourth-order valence-corrected chi connectivity index (χ4v) is 2.99. The lowest BCUT2D eigenvalue weighted by molar-refractivity contribution is -0.122. The van der Waals surface area contributed by atoms with E-state index in [1.165, 1.54) is 0 Å². The number of hydrogen-bond donors (Lipinski definition) is 1. The molecule has 20 heavy (non-hydrogen) atoms. The van der Waals surface area contributed by atoms with Crippen LogP contribution in [0.2, 0.25) is 0 Å². The third kappa shape index (κ3) is 2.94. The molecule has 2 saturated heterocycles. The largest absolute Gasteiger partial charge is 0.369 e. The Balaban J connectivity index is 1.63.